The normalized spacial score (nSPS) is 13.1. The van der Waals surface area contributed by atoms with Crippen LogP contribution >= 0.6 is 0 Å². The Bertz CT molecular complexity index is 1310. The Hall–Kier alpha value is -3.98. The minimum Gasteiger partial charge on any atom is -0.497 e. The van der Waals surface area contributed by atoms with Crippen molar-refractivity contribution in [3.05, 3.63) is 60.4 Å². The lowest BCUT2D eigenvalue weighted by molar-refractivity contribution is 0.0936. The molecule has 3 heterocycles. The molecule has 0 bridgehead atoms. The number of ether oxygens (including phenoxy) is 2. The third-order valence-electron chi connectivity index (χ3n) is 5.67. The van der Waals surface area contributed by atoms with E-state index in [4.69, 9.17) is 19.6 Å². The molecule has 2 N–H and O–H groups in total. The Morgan fingerprint density at radius 2 is 1.94 bits per heavy atom. The van der Waals surface area contributed by atoms with E-state index in [1.54, 1.807) is 37.2 Å². The zero-order chi connectivity index (χ0) is 23.5. The van der Waals surface area contributed by atoms with Crippen LogP contribution in [0, 0.1) is 0 Å². The van der Waals surface area contributed by atoms with E-state index in [1.165, 1.54) is 0 Å². The number of nitrogens with zero attached hydrogens (tertiary/aromatic N) is 4. The molecule has 5 rings (SSSR count). The summed E-state index contributed by atoms with van der Waals surface area (Å²) in [5.74, 6) is 1.19. The van der Waals surface area contributed by atoms with Crippen molar-refractivity contribution in [1.29, 1.82) is 0 Å². The van der Waals surface area contributed by atoms with Gasteiger partial charge in [0.05, 0.1) is 36.1 Å². The van der Waals surface area contributed by atoms with Crippen LogP contribution in [-0.2, 0) is 4.74 Å². The highest BCUT2D eigenvalue weighted by molar-refractivity contribution is 5.96. The van der Waals surface area contributed by atoms with Gasteiger partial charge in [-0.15, -0.1) is 0 Å². The Kier molecular flexibility index (Phi) is 6.09. The Morgan fingerprint density at radius 3 is 2.68 bits per heavy atom. The molecule has 1 aromatic carbocycles. The van der Waals surface area contributed by atoms with Crippen molar-refractivity contribution in [2.45, 2.75) is 18.9 Å². The standard InChI is InChI=1S/C25H26N6O3/c1-33-14-13-26-24(32)17-5-10-21-22(20-11-12-27-25(29-20)28-18-6-7-18)23(30-31(21)15-17)16-3-8-19(34-2)9-4-16/h3-5,8-12,15,18H,6-7,13-14H2,1-2H3,(H,26,32)(H,27,28,29). The van der Waals surface area contributed by atoms with E-state index in [-0.39, 0.29) is 5.91 Å². The van der Waals surface area contributed by atoms with Gasteiger partial charge in [0.2, 0.25) is 5.95 Å². The summed E-state index contributed by atoms with van der Waals surface area (Å²) in [6, 6.07) is 13.8. The monoisotopic (exact) mass is 458 g/mol. The van der Waals surface area contributed by atoms with Gasteiger partial charge in [0.1, 0.15) is 11.4 Å². The van der Waals surface area contributed by atoms with Gasteiger partial charge in [0.25, 0.3) is 5.91 Å². The van der Waals surface area contributed by atoms with Gasteiger partial charge in [-0.05, 0) is 55.3 Å². The predicted molar refractivity (Wildman–Crippen MR) is 129 cm³/mol. The fraction of sp³-hybridized carbons (Fsp3) is 0.280. The number of nitrogens with one attached hydrogen (secondary N) is 2. The first kappa shape index (κ1) is 21.8. The molecule has 9 heteroatoms. The van der Waals surface area contributed by atoms with E-state index in [2.05, 4.69) is 15.6 Å². The van der Waals surface area contributed by atoms with E-state index >= 15 is 0 Å². The van der Waals surface area contributed by atoms with Crippen molar-refractivity contribution in [2.24, 2.45) is 0 Å². The number of rotatable bonds is 9. The first-order chi connectivity index (χ1) is 16.7. The van der Waals surface area contributed by atoms with Crippen molar-refractivity contribution in [1.82, 2.24) is 24.9 Å². The maximum atomic E-state index is 12.6. The lowest BCUT2D eigenvalue weighted by Crippen LogP contribution is -2.27. The SMILES string of the molecule is COCCNC(=O)c1ccc2c(-c3ccnc(NC4CC4)n3)c(-c3ccc(OC)cc3)nn2c1. The second-order valence-corrected chi connectivity index (χ2v) is 8.13. The van der Waals surface area contributed by atoms with Crippen molar-refractivity contribution in [2.75, 3.05) is 32.7 Å². The summed E-state index contributed by atoms with van der Waals surface area (Å²) in [5, 5.41) is 11.1. The fourth-order valence-electron chi connectivity index (χ4n) is 3.73. The van der Waals surface area contributed by atoms with Crippen molar-refractivity contribution in [3.8, 4) is 28.3 Å². The number of aromatic nitrogens is 4. The lowest BCUT2D eigenvalue weighted by atomic mass is 10.0. The Labute approximate surface area is 197 Å². The molecule has 1 amide bonds. The number of carbonyl (C=O) groups is 1. The molecule has 0 radical (unpaired) electrons. The molecule has 34 heavy (non-hydrogen) atoms. The molecular formula is C25H26N6O3. The van der Waals surface area contributed by atoms with Crippen LogP contribution in [0.5, 0.6) is 5.75 Å². The number of hydrogen-bond acceptors (Lipinski definition) is 7. The molecule has 0 spiro atoms. The van der Waals surface area contributed by atoms with Crippen LogP contribution in [0.25, 0.3) is 28.0 Å². The van der Waals surface area contributed by atoms with Gasteiger partial charge in [-0.1, -0.05) is 0 Å². The van der Waals surface area contributed by atoms with E-state index in [9.17, 15) is 4.79 Å². The summed E-state index contributed by atoms with van der Waals surface area (Å²) in [6.45, 7) is 0.888. The maximum absolute atomic E-state index is 12.6. The summed E-state index contributed by atoms with van der Waals surface area (Å²) in [4.78, 5) is 21.7. The molecule has 0 unspecified atom stereocenters. The second-order valence-electron chi connectivity index (χ2n) is 8.13. The predicted octanol–water partition coefficient (Wildman–Crippen LogP) is 3.42. The van der Waals surface area contributed by atoms with Gasteiger partial charge >= 0.3 is 0 Å². The Morgan fingerprint density at radius 1 is 1.12 bits per heavy atom. The number of fused-ring (bicyclic) bond motifs is 1. The number of carbonyl (C=O) groups excluding carboxylic acids is 1. The number of pyridine rings is 1. The summed E-state index contributed by atoms with van der Waals surface area (Å²) in [6.07, 6.45) is 5.76. The first-order valence-corrected chi connectivity index (χ1v) is 11.2. The smallest absolute Gasteiger partial charge is 0.252 e. The number of methoxy groups -OCH3 is 2. The third kappa shape index (κ3) is 4.55. The van der Waals surface area contributed by atoms with E-state index in [0.717, 1.165) is 46.6 Å². The molecule has 0 atom stereocenters. The van der Waals surface area contributed by atoms with Crippen LogP contribution in [0.15, 0.2) is 54.9 Å². The molecule has 1 aliphatic rings. The van der Waals surface area contributed by atoms with Crippen molar-refractivity contribution in [3.63, 3.8) is 0 Å². The molecule has 0 aliphatic heterocycles. The van der Waals surface area contributed by atoms with Crippen LogP contribution in [0.1, 0.15) is 23.2 Å². The molecule has 3 aromatic heterocycles. The zero-order valence-corrected chi connectivity index (χ0v) is 19.1. The quantitative estimate of drug-likeness (QED) is 0.371. The van der Waals surface area contributed by atoms with Crippen molar-refractivity contribution < 1.29 is 14.3 Å². The summed E-state index contributed by atoms with van der Waals surface area (Å²) in [7, 11) is 3.24. The van der Waals surface area contributed by atoms with Crippen LogP contribution in [0.3, 0.4) is 0 Å². The second kappa shape index (κ2) is 9.48. The molecule has 1 aliphatic carbocycles. The van der Waals surface area contributed by atoms with E-state index in [0.29, 0.717) is 30.7 Å². The molecule has 1 saturated carbocycles. The van der Waals surface area contributed by atoms with Gasteiger partial charge in [0, 0.05) is 37.7 Å². The highest BCUT2D eigenvalue weighted by Crippen LogP contribution is 2.35. The van der Waals surface area contributed by atoms with Gasteiger partial charge in [0.15, 0.2) is 0 Å². The minimum atomic E-state index is -0.181. The first-order valence-electron chi connectivity index (χ1n) is 11.2. The van der Waals surface area contributed by atoms with Gasteiger partial charge in [-0.25, -0.2) is 14.5 Å². The van der Waals surface area contributed by atoms with Crippen LogP contribution < -0.4 is 15.4 Å². The minimum absolute atomic E-state index is 0.181. The van der Waals surface area contributed by atoms with Crippen LogP contribution in [0.4, 0.5) is 5.95 Å². The third-order valence-corrected chi connectivity index (χ3v) is 5.67. The maximum Gasteiger partial charge on any atom is 0.252 e. The molecule has 4 aromatic rings. The zero-order valence-electron chi connectivity index (χ0n) is 19.1. The number of anilines is 1. The molecule has 9 nitrogen and oxygen atoms in total. The van der Waals surface area contributed by atoms with E-state index in [1.807, 2.05) is 36.4 Å². The average molecular weight is 459 g/mol. The topological polar surface area (TPSA) is 103 Å². The molecule has 0 saturated heterocycles. The van der Waals surface area contributed by atoms with Crippen molar-refractivity contribution >= 4 is 17.4 Å². The molecule has 174 valence electrons. The lowest BCUT2D eigenvalue weighted by Gasteiger charge is -2.07. The van der Waals surface area contributed by atoms with Crippen LogP contribution in [-0.4, -0.2) is 58.9 Å². The molecular weight excluding hydrogens is 432 g/mol. The number of amides is 1. The summed E-state index contributed by atoms with van der Waals surface area (Å²) < 4.78 is 12.1. The highest BCUT2D eigenvalue weighted by Gasteiger charge is 2.23. The van der Waals surface area contributed by atoms with E-state index < -0.39 is 0 Å². The highest BCUT2D eigenvalue weighted by atomic mass is 16.5. The van der Waals surface area contributed by atoms with Gasteiger partial charge in [-0.2, -0.15) is 5.10 Å². The fourth-order valence-corrected chi connectivity index (χ4v) is 3.73. The number of benzene rings is 1. The van der Waals surface area contributed by atoms with Gasteiger partial charge < -0.3 is 20.1 Å². The van der Waals surface area contributed by atoms with Crippen LogP contribution in [0.2, 0.25) is 0 Å². The number of hydrogen-bond donors (Lipinski definition) is 2. The van der Waals surface area contributed by atoms with Gasteiger partial charge in [-0.3, -0.25) is 4.79 Å². The average Bonchev–Trinajstić information content (AvgIpc) is 3.60. The summed E-state index contributed by atoms with van der Waals surface area (Å²) in [5.41, 5.74) is 4.67. The molecule has 1 fully saturated rings. The summed E-state index contributed by atoms with van der Waals surface area (Å²) >= 11 is 0. The Balaban J connectivity index is 1.59. The largest absolute Gasteiger partial charge is 0.497 e.